The van der Waals surface area contributed by atoms with E-state index in [4.69, 9.17) is 5.73 Å². The number of pyridine rings is 1. The molecular formula is C12H19N5O3. The molecule has 8 heteroatoms. The normalized spacial score (nSPS) is 11.8. The van der Waals surface area contributed by atoms with Crippen molar-refractivity contribution < 1.29 is 9.72 Å². The van der Waals surface area contributed by atoms with Gasteiger partial charge in [0.05, 0.1) is 17.1 Å². The van der Waals surface area contributed by atoms with E-state index in [0.717, 1.165) is 0 Å². The fraction of sp³-hybridized carbons (Fsp3) is 0.500. The summed E-state index contributed by atoms with van der Waals surface area (Å²) in [6.07, 6.45) is 0. The van der Waals surface area contributed by atoms with E-state index < -0.39 is 11.0 Å². The van der Waals surface area contributed by atoms with Crippen molar-refractivity contribution in [3.8, 4) is 0 Å². The SMILES string of the molecule is CCN(CC)C(=O)C(C)Nc1cc([N+](=O)[O-])cc(N)n1. The van der Waals surface area contributed by atoms with Crippen LogP contribution in [0.2, 0.25) is 0 Å². The van der Waals surface area contributed by atoms with E-state index in [2.05, 4.69) is 10.3 Å². The van der Waals surface area contributed by atoms with E-state index in [1.807, 2.05) is 13.8 Å². The molecule has 0 spiro atoms. The predicted molar refractivity (Wildman–Crippen MR) is 76.3 cm³/mol. The highest BCUT2D eigenvalue weighted by Gasteiger charge is 2.19. The smallest absolute Gasteiger partial charge is 0.276 e. The van der Waals surface area contributed by atoms with Crippen molar-refractivity contribution in [2.75, 3.05) is 24.1 Å². The zero-order valence-electron chi connectivity index (χ0n) is 11.8. The molecule has 8 nitrogen and oxygen atoms in total. The third-order valence-corrected chi connectivity index (χ3v) is 2.85. The molecule has 0 aliphatic heterocycles. The summed E-state index contributed by atoms with van der Waals surface area (Å²) >= 11 is 0. The predicted octanol–water partition coefficient (Wildman–Crippen LogP) is 1.24. The van der Waals surface area contributed by atoms with Gasteiger partial charge in [-0.1, -0.05) is 0 Å². The molecule has 0 bridgehead atoms. The van der Waals surface area contributed by atoms with Crippen molar-refractivity contribution in [3.05, 3.63) is 22.2 Å². The number of rotatable bonds is 6. The molecule has 1 rings (SSSR count). The number of nitrogens with one attached hydrogen (secondary N) is 1. The molecule has 3 N–H and O–H groups in total. The highest BCUT2D eigenvalue weighted by molar-refractivity contribution is 5.84. The van der Waals surface area contributed by atoms with Gasteiger partial charge >= 0.3 is 0 Å². The summed E-state index contributed by atoms with van der Waals surface area (Å²) in [5, 5.41) is 13.6. The highest BCUT2D eigenvalue weighted by Crippen LogP contribution is 2.19. The third kappa shape index (κ3) is 3.81. The number of carbonyl (C=O) groups is 1. The second kappa shape index (κ2) is 6.69. The van der Waals surface area contributed by atoms with Crippen LogP contribution in [-0.4, -0.2) is 39.8 Å². The van der Waals surface area contributed by atoms with Crippen molar-refractivity contribution in [1.29, 1.82) is 0 Å². The van der Waals surface area contributed by atoms with Crippen LogP contribution in [0, 0.1) is 10.1 Å². The van der Waals surface area contributed by atoms with Crippen LogP contribution in [0.15, 0.2) is 12.1 Å². The summed E-state index contributed by atoms with van der Waals surface area (Å²) in [6, 6.07) is 1.88. The van der Waals surface area contributed by atoms with E-state index in [-0.39, 0.29) is 23.2 Å². The number of hydrogen-bond acceptors (Lipinski definition) is 6. The monoisotopic (exact) mass is 281 g/mol. The molecule has 0 saturated heterocycles. The van der Waals surface area contributed by atoms with E-state index in [1.165, 1.54) is 12.1 Å². The van der Waals surface area contributed by atoms with Gasteiger partial charge in [0.1, 0.15) is 17.7 Å². The van der Waals surface area contributed by atoms with Crippen LogP contribution in [0.4, 0.5) is 17.3 Å². The van der Waals surface area contributed by atoms with E-state index >= 15 is 0 Å². The summed E-state index contributed by atoms with van der Waals surface area (Å²) in [5.74, 6) is 0.149. The number of aromatic nitrogens is 1. The summed E-state index contributed by atoms with van der Waals surface area (Å²) in [5.41, 5.74) is 5.35. The van der Waals surface area contributed by atoms with E-state index in [0.29, 0.717) is 13.1 Å². The Kier molecular flexibility index (Phi) is 5.24. The van der Waals surface area contributed by atoms with Crippen molar-refractivity contribution in [3.63, 3.8) is 0 Å². The molecule has 1 aromatic rings. The minimum absolute atomic E-state index is 0.0317. The van der Waals surface area contributed by atoms with Crippen molar-refractivity contribution in [2.24, 2.45) is 0 Å². The van der Waals surface area contributed by atoms with Gasteiger partial charge in [-0.3, -0.25) is 14.9 Å². The minimum atomic E-state index is -0.555. The fourth-order valence-electron chi connectivity index (χ4n) is 1.81. The molecular weight excluding hydrogens is 262 g/mol. The molecule has 1 heterocycles. The number of nitrogens with zero attached hydrogens (tertiary/aromatic N) is 3. The average Bonchev–Trinajstić information content (AvgIpc) is 2.39. The maximum Gasteiger partial charge on any atom is 0.276 e. The van der Waals surface area contributed by atoms with Gasteiger partial charge in [-0.15, -0.1) is 0 Å². The van der Waals surface area contributed by atoms with Crippen LogP contribution in [0.1, 0.15) is 20.8 Å². The molecule has 1 amide bonds. The fourth-order valence-corrected chi connectivity index (χ4v) is 1.81. The lowest BCUT2D eigenvalue weighted by atomic mass is 10.2. The molecule has 0 fully saturated rings. The Morgan fingerprint density at radius 1 is 1.50 bits per heavy atom. The summed E-state index contributed by atoms with van der Waals surface area (Å²) < 4.78 is 0. The number of anilines is 2. The Bertz CT molecular complexity index is 502. The Morgan fingerprint density at radius 2 is 2.10 bits per heavy atom. The van der Waals surface area contributed by atoms with Gasteiger partial charge in [-0.2, -0.15) is 0 Å². The Balaban J connectivity index is 2.87. The number of carbonyl (C=O) groups excluding carboxylic acids is 1. The lowest BCUT2D eigenvalue weighted by Crippen LogP contribution is -2.41. The third-order valence-electron chi connectivity index (χ3n) is 2.85. The summed E-state index contributed by atoms with van der Waals surface area (Å²) in [7, 11) is 0. The molecule has 110 valence electrons. The molecule has 0 aromatic carbocycles. The number of likely N-dealkylation sites (N-methyl/N-ethyl adjacent to an activating group) is 1. The zero-order valence-corrected chi connectivity index (χ0v) is 11.8. The second-order valence-electron chi connectivity index (χ2n) is 4.27. The van der Waals surface area contributed by atoms with Gasteiger partial charge in [-0.25, -0.2) is 4.98 Å². The number of hydrogen-bond donors (Lipinski definition) is 2. The lowest BCUT2D eigenvalue weighted by Gasteiger charge is -2.23. The van der Waals surface area contributed by atoms with Crippen LogP contribution in [0.5, 0.6) is 0 Å². The summed E-state index contributed by atoms with van der Waals surface area (Å²) in [6.45, 7) is 6.66. The first-order valence-electron chi connectivity index (χ1n) is 6.36. The number of amides is 1. The van der Waals surface area contributed by atoms with Crippen LogP contribution < -0.4 is 11.1 Å². The molecule has 0 saturated carbocycles. The van der Waals surface area contributed by atoms with Crippen molar-refractivity contribution in [2.45, 2.75) is 26.8 Å². The van der Waals surface area contributed by atoms with Gasteiger partial charge in [0.25, 0.3) is 5.69 Å². The lowest BCUT2D eigenvalue weighted by molar-refractivity contribution is -0.384. The Hall–Kier alpha value is -2.38. The van der Waals surface area contributed by atoms with Gasteiger partial charge in [-0.05, 0) is 20.8 Å². The summed E-state index contributed by atoms with van der Waals surface area (Å²) in [4.78, 5) is 27.9. The zero-order chi connectivity index (χ0) is 15.3. The van der Waals surface area contributed by atoms with E-state index in [1.54, 1.807) is 11.8 Å². The number of nitrogens with two attached hydrogens (primary N) is 1. The molecule has 20 heavy (non-hydrogen) atoms. The van der Waals surface area contributed by atoms with Gasteiger partial charge in [0.2, 0.25) is 5.91 Å². The van der Waals surface area contributed by atoms with Gasteiger partial charge in [0.15, 0.2) is 0 Å². The standard InChI is InChI=1S/C12H19N5O3/c1-4-16(5-2)12(18)8(3)14-11-7-9(17(19)20)6-10(13)15-11/h6-8H,4-5H2,1-3H3,(H3,13,14,15). The first-order valence-corrected chi connectivity index (χ1v) is 6.36. The van der Waals surface area contributed by atoms with Crippen LogP contribution >= 0.6 is 0 Å². The maximum absolute atomic E-state index is 12.1. The molecule has 1 unspecified atom stereocenters. The molecule has 1 atom stereocenters. The van der Waals surface area contributed by atoms with Crippen LogP contribution in [0.25, 0.3) is 0 Å². The Labute approximate surface area is 117 Å². The average molecular weight is 281 g/mol. The first kappa shape index (κ1) is 15.7. The first-order chi connectivity index (χ1) is 9.38. The highest BCUT2D eigenvalue weighted by atomic mass is 16.6. The largest absolute Gasteiger partial charge is 0.383 e. The second-order valence-corrected chi connectivity index (χ2v) is 4.27. The van der Waals surface area contributed by atoms with Crippen molar-refractivity contribution in [1.82, 2.24) is 9.88 Å². The van der Waals surface area contributed by atoms with Crippen molar-refractivity contribution >= 4 is 23.2 Å². The topological polar surface area (TPSA) is 114 Å². The Morgan fingerprint density at radius 3 is 2.60 bits per heavy atom. The molecule has 0 aliphatic carbocycles. The quantitative estimate of drug-likeness (QED) is 0.599. The number of nitrogen functional groups attached to an aromatic ring is 1. The van der Waals surface area contributed by atoms with Crippen LogP contribution in [0.3, 0.4) is 0 Å². The molecule has 1 aromatic heterocycles. The van der Waals surface area contributed by atoms with E-state index in [9.17, 15) is 14.9 Å². The maximum atomic E-state index is 12.1. The van der Waals surface area contributed by atoms with Gasteiger partial charge < -0.3 is 16.0 Å². The molecule has 0 radical (unpaired) electrons. The minimum Gasteiger partial charge on any atom is -0.383 e. The number of nitro groups is 1. The van der Waals surface area contributed by atoms with Crippen LogP contribution in [-0.2, 0) is 4.79 Å². The van der Waals surface area contributed by atoms with Gasteiger partial charge in [0, 0.05) is 13.1 Å². The molecule has 0 aliphatic rings.